The highest BCUT2D eigenvalue weighted by molar-refractivity contribution is 8.13. The largest absolute Gasteiger partial charge is 0.299 e. The second kappa shape index (κ2) is 9.25. The topological polar surface area (TPSA) is 34.1 Å². The third-order valence-electron chi connectivity index (χ3n) is 2.00. The fourth-order valence-corrected chi connectivity index (χ4v) is 1.89. The molecule has 14 heavy (non-hydrogen) atoms. The van der Waals surface area contributed by atoms with Crippen LogP contribution in [0.5, 0.6) is 0 Å². The van der Waals surface area contributed by atoms with Crippen molar-refractivity contribution in [3.63, 3.8) is 0 Å². The predicted octanol–water partition coefficient (Wildman–Crippen LogP) is 3.20. The van der Waals surface area contributed by atoms with E-state index in [1.54, 1.807) is 6.92 Å². The van der Waals surface area contributed by atoms with E-state index in [0.717, 1.165) is 12.2 Å². The number of ketones is 1. The number of rotatable bonds is 8. The van der Waals surface area contributed by atoms with Gasteiger partial charge in [-0.15, -0.1) is 0 Å². The summed E-state index contributed by atoms with van der Waals surface area (Å²) in [5, 5.41) is 0.0355. The minimum Gasteiger partial charge on any atom is -0.299 e. The van der Waals surface area contributed by atoms with Gasteiger partial charge in [-0.25, -0.2) is 0 Å². The molecule has 0 aromatic heterocycles. The van der Waals surface area contributed by atoms with E-state index in [1.165, 1.54) is 31.0 Å². The molecule has 0 fully saturated rings. The Labute approximate surface area is 90.8 Å². The fourth-order valence-electron chi connectivity index (χ4n) is 1.05. The fraction of sp³-hybridized carbons (Fsp3) is 0.818. The Morgan fingerprint density at radius 2 is 1.79 bits per heavy atom. The minimum absolute atomic E-state index is 0.0355. The molecule has 0 unspecified atom stereocenters. The molecule has 0 aliphatic carbocycles. The summed E-state index contributed by atoms with van der Waals surface area (Å²) in [4.78, 5) is 22.1. The molecule has 2 nitrogen and oxygen atoms in total. The summed E-state index contributed by atoms with van der Waals surface area (Å²) in [6.45, 7) is 3.96. The lowest BCUT2D eigenvalue weighted by Gasteiger charge is -1.99. The van der Waals surface area contributed by atoms with Gasteiger partial charge >= 0.3 is 0 Å². The first-order valence-electron chi connectivity index (χ1n) is 5.38. The summed E-state index contributed by atoms with van der Waals surface area (Å²) in [5.74, 6) is 0.923. The van der Waals surface area contributed by atoms with E-state index < -0.39 is 0 Å². The van der Waals surface area contributed by atoms with E-state index in [9.17, 15) is 9.59 Å². The molecule has 0 saturated heterocycles. The highest BCUT2D eigenvalue weighted by Crippen LogP contribution is 2.11. The monoisotopic (exact) mass is 216 g/mol. The molecule has 0 radical (unpaired) electrons. The number of carbonyl (C=O) groups is 2. The zero-order valence-corrected chi connectivity index (χ0v) is 9.99. The first-order chi connectivity index (χ1) is 6.70. The zero-order valence-electron chi connectivity index (χ0n) is 9.17. The Morgan fingerprint density at radius 1 is 1.07 bits per heavy atom. The van der Waals surface area contributed by atoms with Crippen molar-refractivity contribution in [2.45, 2.75) is 52.4 Å². The maximum Gasteiger partial charge on any atom is 0.196 e. The lowest BCUT2D eigenvalue weighted by Crippen LogP contribution is -2.03. The van der Waals surface area contributed by atoms with E-state index in [-0.39, 0.29) is 17.3 Å². The van der Waals surface area contributed by atoms with Crippen LogP contribution in [0.2, 0.25) is 0 Å². The molecule has 82 valence electrons. The third-order valence-corrected chi connectivity index (χ3v) is 2.96. The summed E-state index contributed by atoms with van der Waals surface area (Å²) in [6.07, 6.45) is 5.33. The van der Waals surface area contributed by atoms with Crippen LogP contribution in [0.4, 0.5) is 0 Å². The summed E-state index contributed by atoms with van der Waals surface area (Å²) < 4.78 is 0. The van der Waals surface area contributed by atoms with Crippen molar-refractivity contribution in [3.8, 4) is 0 Å². The highest BCUT2D eigenvalue weighted by Gasteiger charge is 2.07. The number of thioether (sulfide) groups is 1. The predicted molar refractivity (Wildman–Crippen MR) is 61.5 cm³/mol. The second-order valence-electron chi connectivity index (χ2n) is 3.35. The van der Waals surface area contributed by atoms with Crippen molar-refractivity contribution in [1.29, 1.82) is 0 Å². The van der Waals surface area contributed by atoms with E-state index in [4.69, 9.17) is 0 Å². The van der Waals surface area contributed by atoms with E-state index >= 15 is 0 Å². The molecule has 0 amide bonds. The van der Waals surface area contributed by atoms with Gasteiger partial charge < -0.3 is 0 Å². The number of hydrogen-bond acceptors (Lipinski definition) is 3. The maximum atomic E-state index is 11.2. The van der Waals surface area contributed by atoms with Gasteiger partial charge in [-0.2, -0.15) is 0 Å². The van der Waals surface area contributed by atoms with Crippen molar-refractivity contribution in [3.05, 3.63) is 0 Å². The average Bonchev–Trinajstić information content (AvgIpc) is 2.17. The summed E-state index contributed by atoms with van der Waals surface area (Å²) in [7, 11) is 0. The Balaban J connectivity index is 3.31. The lowest BCUT2D eigenvalue weighted by molar-refractivity contribution is -0.123. The molecule has 0 rings (SSSR count). The van der Waals surface area contributed by atoms with Gasteiger partial charge in [0, 0.05) is 12.2 Å². The van der Waals surface area contributed by atoms with Gasteiger partial charge in [0.05, 0.1) is 6.42 Å². The Morgan fingerprint density at radius 3 is 2.36 bits per heavy atom. The average molecular weight is 216 g/mol. The molecule has 0 bridgehead atoms. The SMILES string of the molecule is CCCCCCSC(=O)CC(=O)CC. The van der Waals surface area contributed by atoms with Gasteiger partial charge in [0.1, 0.15) is 5.78 Å². The van der Waals surface area contributed by atoms with Crippen molar-refractivity contribution >= 4 is 22.7 Å². The van der Waals surface area contributed by atoms with Crippen molar-refractivity contribution in [2.24, 2.45) is 0 Å². The third kappa shape index (κ3) is 8.30. The molecule has 0 aromatic rings. The number of carbonyl (C=O) groups excluding carboxylic acids is 2. The summed E-state index contributed by atoms with van der Waals surface area (Å²) >= 11 is 1.31. The van der Waals surface area contributed by atoms with Crippen LogP contribution in [-0.2, 0) is 9.59 Å². The minimum atomic E-state index is 0.0355. The number of Topliss-reactive ketones (excluding diaryl/α,β-unsaturated/α-hetero) is 1. The van der Waals surface area contributed by atoms with Crippen molar-refractivity contribution in [2.75, 3.05) is 5.75 Å². The molecular formula is C11H20O2S. The van der Waals surface area contributed by atoms with Crippen LogP contribution >= 0.6 is 11.8 Å². The summed E-state index contributed by atoms with van der Waals surface area (Å²) in [5.41, 5.74) is 0. The molecule has 0 aromatic carbocycles. The molecule has 0 atom stereocenters. The van der Waals surface area contributed by atoms with E-state index in [2.05, 4.69) is 6.92 Å². The van der Waals surface area contributed by atoms with Gasteiger partial charge in [0.25, 0.3) is 0 Å². The molecule has 0 aliphatic rings. The van der Waals surface area contributed by atoms with Crippen molar-refractivity contribution < 1.29 is 9.59 Å². The van der Waals surface area contributed by atoms with Gasteiger partial charge in [-0.1, -0.05) is 44.9 Å². The van der Waals surface area contributed by atoms with Gasteiger partial charge in [0.2, 0.25) is 0 Å². The van der Waals surface area contributed by atoms with Gasteiger partial charge in [-0.3, -0.25) is 9.59 Å². The molecule has 0 saturated carbocycles. The lowest BCUT2D eigenvalue weighted by atomic mass is 10.2. The van der Waals surface area contributed by atoms with Crippen LogP contribution in [0.25, 0.3) is 0 Å². The van der Waals surface area contributed by atoms with Crippen LogP contribution in [0, 0.1) is 0 Å². The maximum absolute atomic E-state index is 11.2. The standard InChI is InChI=1S/C11H20O2S/c1-3-5-6-7-8-14-11(13)9-10(12)4-2/h3-9H2,1-2H3. The molecule has 0 heterocycles. The quantitative estimate of drug-likeness (QED) is 0.461. The number of unbranched alkanes of at least 4 members (excludes halogenated alkanes) is 3. The van der Waals surface area contributed by atoms with E-state index in [0.29, 0.717) is 6.42 Å². The molecule has 0 spiro atoms. The van der Waals surface area contributed by atoms with Crippen LogP contribution in [0.1, 0.15) is 52.4 Å². The van der Waals surface area contributed by atoms with E-state index in [1.807, 2.05) is 0 Å². The smallest absolute Gasteiger partial charge is 0.196 e. The van der Waals surface area contributed by atoms with Crippen LogP contribution in [0.15, 0.2) is 0 Å². The molecule has 0 N–H and O–H groups in total. The normalized spacial score (nSPS) is 10.1. The first kappa shape index (κ1) is 13.7. The van der Waals surface area contributed by atoms with Crippen LogP contribution in [-0.4, -0.2) is 16.7 Å². The van der Waals surface area contributed by atoms with Gasteiger partial charge in [-0.05, 0) is 6.42 Å². The Hall–Kier alpha value is -0.310. The van der Waals surface area contributed by atoms with Gasteiger partial charge in [0.15, 0.2) is 5.12 Å². The number of hydrogen-bond donors (Lipinski definition) is 0. The van der Waals surface area contributed by atoms with Crippen molar-refractivity contribution in [1.82, 2.24) is 0 Å². The van der Waals surface area contributed by atoms with Crippen LogP contribution < -0.4 is 0 Å². The Kier molecular flexibility index (Phi) is 9.05. The Bertz CT molecular complexity index is 178. The zero-order chi connectivity index (χ0) is 10.8. The molecule has 3 heteroatoms. The second-order valence-corrected chi connectivity index (χ2v) is 4.50. The molecular weight excluding hydrogens is 196 g/mol. The first-order valence-corrected chi connectivity index (χ1v) is 6.36. The van der Waals surface area contributed by atoms with Crippen LogP contribution in [0.3, 0.4) is 0 Å². The molecule has 0 aliphatic heterocycles. The highest BCUT2D eigenvalue weighted by atomic mass is 32.2. The summed E-state index contributed by atoms with van der Waals surface area (Å²) in [6, 6.07) is 0.